The summed E-state index contributed by atoms with van der Waals surface area (Å²) in [4.78, 5) is 2.41. The van der Waals surface area contributed by atoms with E-state index < -0.39 is 0 Å². The number of hydrogen-bond donors (Lipinski definition) is 1. The fraction of sp³-hybridized carbons (Fsp3) is 0.625. The molecule has 1 unspecified atom stereocenters. The number of piperidine rings is 1. The van der Waals surface area contributed by atoms with E-state index in [9.17, 15) is 0 Å². The molecule has 0 aliphatic carbocycles. The molecule has 1 heterocycles. The van der Waals surface area contributed by atoms with E-state index in [1.54, 1.807) is 0 Å². The Labute approximate surface area is 122 Å². The van der Waals surface area contributed by atoms with Gasteiger partial charge in [0.25, 0.3) is 0 Å². The predicted molar refractivity (Wildman–Crippen MR) is 82.6 cm³/mol. The number of nitrogens with zero attached hydrogens (tertiary/aromatic N) is 1. The molecule has 19 heavy (non-hydrogen) atoms. The first kappa shape index (κ1) is 14.8. The second-order valence-electron chi connectivity index (χ2n) is 5.90. The first-order valence-electron chi connectivity index (χ1n) is 7.28. The van der Waals surface area contributed by atoms with Crippen molar-refractivity contribution in [2.24, 2.45) is 5.41 Å². The Balaban J connectivity index is 1.96. The summed E-state index contributed by atoms with van der Waals surface area (Å²) in [7, 11) is 2.20. The summed E-state index contributed by atoms with van der Waals surface area (Å²) in [6.07, 6.45) is 3.88. The van der Waals surface area contributed by atoms with Crippen molar-refractivity contribution in [2.45, 2.75) is 32.7 Å². The molecule has 2 nitrogen and oxygen atoms in total. The van der Waals surface area contributed by atoms with E-state index in [1.807, 2.05) is 12.1 Å². The van der Waals surface area contributed by atoms with Gasteiger partial charge in [0, 0.05) is 24.7 Å². The lowest BCUT2D eigenvalue weighted by molar-refractivity contribution is 0.125. The average molecular weight is 281 g/mol. The summed E-state index contributed by atoms with van der Waals surface area (Å²) < 4.78 is 0. The van der Waals surface area contributed by atoms with Crippen LogP contribution in [0, 0.1) is 5.41 Å². The Morgan fingerprint density at radius 1 is 1.37 bits per heavy atom. The molecule has 0 radical (unpaired) electrons. The number of benzene rings is 1. The Morgan fingerprint density at radius 3 is 2.79 bits per heavy atom. The summed E-state index contributed by atoms with van der Waals surface area (Å²) in [5.41, 5.74) is 1.66. The topological polar surface area (TPSA) is 15.3 Å². The average Bonchev–Trinajstić information content (AvgIpc) is 2.42. The maximum absolute atomic E-state index is 6.24. The summed E-state index contributed by atoms with van der Waals surface area (Å²) in [6.45, 7) is 6.71. The van der Waals surface area contributed by atoms with E-state index in [-0.39, 0.29) is 0 Å². The van der Waals surface area contributed by atoms with Crippen molar-refractivity contribution in [1.82, 2.24) is 10.2 Å². The monoisotopic (exact) mass is 280 g/mol. The van der Waals surface area contributed by atoms with Crippen molar-refractivity contribution in [2.75, 3.05) is 26.7 Å². The van der Waals surface area contributed by atoms with E-state index in [0.29, 0.717) is 5.41 Å². The fourth-order valence-electron chi connectivity index (χ4n) is 3.12. The van der Waals surface area contributed by atoms with Gasteiger partial charge in [-0.3, -0.25) is 0 Å². The van der Waals surface area contributed by atoms with Gasteiger partial charge in [0.2, 0.25) is 0 Å². The van der Waals surface area contributed by atoms with Gasteiger partial charge in [-0.25, -0.2) is 0 Å². The highest BCUT2D eigenvalue weighted by molar-refractivity contribution is 6.31. The first-order chi connectivity index (χ1) is 9.15. The molecular weight excluding hydrogens is 256 g/mol. The zero-order valence-corrected chi connectivity index (χ0v) is 12.8. The molecule has 1 aromatic rings. The molecule has 1 aliphatic heterocycles. The van der Waals surface area contributed by atoms with Crippen LogP contribution in [0.4, 0.5) is 0 Å². The van der Waals surface area contributed by atoms with Gasteiger partial charge in [0.05, 0.1) is 0 Å². The third kappa shape index (κ3) is 3.95. The van der Waals surface area contributed by atoms with Gasteiger partial charge in [0.15, 0.2) is 0 Å². The number of rotatable bonds is 5. The normalized spacial score (nSPS) is 23.8. The molecule has 1 aliphatic rings. The highest BCUT2D eigenvalue weighted by atomic mass is 35.5. The van der Waals surface area contributed by atoms with Crippen molar-refractivity contribution < 1.29 is 0 Å². The molecule has 106 valence electrons. The summed E-state index contributed by atoms with van der Waals surface area (Å²) >= 11 is 6.24. The van der Waals surface area contributed by atoms with E-state index in [2.05, 4.69) is 36.3 Å². The Hall–Kier alpha value is -0.570. The van der Waals surface area contributed by atoms with Crippen LogP contribution in [0.3, 0.4) is 0 Å². The van der Waals surface area contributed by atoms with Crippen LogP contribution in [0.1, 0.15) is 31.7 Å². The van der Waals surface area contributed by atoms with Gasteiger partial charge < -0.3 is 10.2 Å². The molecular formula is C16H25ClN2. The minimum absolute atomic E-state index is 0.439. The van der Waals surface area contributed by atoms with Crippen molar-refractivity contribution in [3.8, 4) is 0 Å². The minimum Gasteiger partial charge on any atom is -0.316 e. The Morgan fingerprint density at radius 2 is 2.16 bits per heavy atom. The minimum atomic E-state index is 0.439. The van der Waals surface area contributed by atoms with Crippen molar-refractivity contribution in [3.63, 3.8) is 0 Å². The van der Waals surface area contributed by atoms with Crippen LogP contribution >= 0.6 is 11.6 Å². The van der Waals surface area contributed by atoms with Crippen molar-refractivity contribution in [1.29, 1.82) is 0 Å². The molecule has 1 saturated heterocycles. The zero-order valence-electron chi connectivity index (χ0n) is 12.1. The van der Waals surface area contributed by atoms with Crippen molar-refractivity contribution >= 4 is 11.6 Å². The third-order valence-electron chi connectivity index (χ3n) is 4.31. The molecule has 0 saturated carbocycles. The van der Waals surface area contributed by atoms with E-state index in [4.69, 9.17) is 11.6 Å². The van der Waals surface area contributed by atoms with Crippen LogP contribution < -0.4 is 5.32 Å². The van der Waals surface area contributed by atoms with Crippen LogP contribution in [0.5, 0.6) is 0 Å². The highest BCUT2D eigenvalue weighted by Crippen LogP contribution is 2.31. The molecule has 0 amide bonds. The Bertz CT molecular complexity index is 399. The van der Waals surface area contributed by atoms with E-state index in [0.717, 1.165) is 24.7 Å². The third-order valence-corrected chi connectivity index (χ3v) is 4.68. The van der Waals surface area contributed by atoms with Gasteiger partial charge in [-0.2, -0.15) is 0 Å². The quantitative estimate of drug-likeness (QED) is 0.887. The predicted octanol–water partition coefficient (Wildman–Crippen LogP) is 3.55. The van der Waals surface area contributed by atoms with E-state index >= 15 is 0 Å². The van der Waals surface area contributed by atoms with Gasteiger partial charge >= 0.3 is 0 Å². The van der Waals surface area contributed by atoms with Crippen LogP contribution in [-0.2, 0) is 6.54 Å². The molecule has 1 fully saturated rings. The molecule has 1 atom stereocenters. The van der Waals surface area contributed by atoms with E-state index in [1.165, 1.54) is 31.4 Å². The van der Waals surface area contributed by atoms with Crippen LogP contribution in [-0.4, -0.2) is 31.6 Å². The second-order valence-corrected chi connectivity index (χ2v) is 6.30. The largest absolute Gasteiger partial charge is 0.316 e. The second kappa shape index (κ2) is 6.74. The highest BCUT2D eigenvalue weighted by Gasteiger charge is 2.31. The number of hydrogen-bond acceptors (Lipinski definition) is 2. The van der Waals surface area contributed by atoms with Crippen LogP contribution in [0.2, 0.25) is 5.02 Å². The lowest BCUT2D eigenvalue weighted by atomic mass is 9.78. The molecule has 0 spiro atoms. The lowest BCUT2D eigenvalue weighted by Gasteiger charge is -2.40. The first-order valence-corrected chi connectivity index (χ1v) is 7.66. The molecule has 0 aromatic heterocycles. The van der Waals surface area contributed by atoms with Crippen LogP contribution in [0.15, 0.2) is 24.3 Å². The SMILES string of the molecule is CCC1(CN(C)Cc2ccccc2Cl)CCCNC1. The maximum Gasteiger partial charge on any atom is 0.0451 e. The van der Waals surface area contributed by atoms with Gasteiger partial charge in [-0.1, -0.05) is 36.7 Å². The summed E-state index contributed by atoms with van der Waals surface area (Å²) in [5, 5.41) is 4.43. The maximum atomic E-state index is 6.24. The fourth-order valence-corrected chi connectivity index (χ4v) is 3.32. The molecule has 2 rings (SSSR count). The van der Waals surface area contributed by atoms with Gasteiger partial charge in [0.1, 0.15) is 0 Å². The summed E-state index contributed by atoms with van der Waals surface area (Å²) in [6, 6.07) is 8.15. The molecule has 3 heteroatoms. The summed E-state index contributed by atoms with van der Waals surface area (Å²) in [5.74, 6) is 0. The number of nitrogens with one attached hydrogen (secondary N) is 1. The van der Waals surface area contributed by atoms with Gasteiger partial charge in [-0.05, 0) is 49.9 Å². The van der Waals surface area contributed by atoms with Crippen molar-refractivity contribution in [3.05, 3.63) is 34.9 Å². The molecule has 0 bridgehead atoms. The van der Waals surface area contributed by atoms with Gasteiger partial charge in [-0.15, -0.1) is 0 Å². The molecule has 1 N–H and O–H groups in total. The lowest BCUT2D eigenvalue weighted by Crippen LogP contribution is -2.46. The Kier molecular flexibility index (Phi) is 5.26. The molecule has 1 aromatic carbocycles. The number of halogens is 1. The smallest absolute Gasteiger partial charge is 0.0451 e. The zero-order chi connectivity index (χ0) is 13.7. The standard InChI is InChI=1S/C16H25ClN2/c1-3-16(9-6-10-18-12-16)13-19(2)11-14-7-4-5-8-15(14)17/h4-5,7-8,18H,3,6,9-13H2,1-2H3. The van der Waals surface area contributed by atoms with Crippen LogP contribution in [0.25, 0.3) is 0 Å².